The second-order valence-electron chi connectivity index (χ2n) is 5.28. The highest BCUT2D eigenvalue weighted by Gasteiger charge is 2.31. The summed E-state index contributed by atoms with van der Waals surface area (Å²) in [6.45, 7) is 4.97. The first-order chi connectivity index (χ1) is 9.17. The molecule has 1 aromatic rings. The summed E-state index contributed by atoms with van der Waals surface area (Å²) < 4.78 is 5.28. The van der Waals surface area contributed by atoms with Gasteiger partial charge in [-0.25, -0.2) is 0 Å². The molecular weight excluding hydrogens is 238 g/mol. The van der Waals surface area contributed by atoms with Crippen LogP contribution in [0.4, 0.5) is 0 Å². The number of carbonyl (C=O) groups is 1. The minimum Gasteiger partial charge on any atom is -0.497 e. The summed E-state index contributed by atoms with van der Waals surface area (Å²) in [4.78, 5) is 14.5. The zero-order valence-electron chi connectivity index (χ0n) is 12.1. The van der Waals surface area contributed by atoms with Gasteiger partial charge in [-0.3, -0.25) is 4.79 Å². The Morgan fingerprint density at radius 1 is 1.53 bits per heavy atom. The van der Waals surface area contributed by atoms with E-state index in [4.69, 9.17) is 4.74 Å². The van der Waals surface area contributed by atoms with Gasteiger partial charge in [0.1, 0.15) is 5.75 Å². The van der Waals surface area contributed by atoms with Gasteiger partial charge >= 0.3 is 0 Å². The van der Waals surface area contributed by atoms with Gasteiger partial charge < -0.3 is 9.64 Å². The molecule has 1 fully saturated rings. The molecule has 2 rings (SSSR count). The molecule has 1 heterocycles. The summed E-state index contributed by atoms with van der Waals surface area (Å²) in [6, 6.07) is 8.30. The molecule has 2 unspecified atom stereocenters. The summed E-state index contributed by atoms with van der Waals surface area (Å²) in [5.74, 6) is 1.26. The maximum Gasteiger partial charge on any atom is 0.225 e. The summed E-state index contributed by atoms with van der Waals surface area (Å²) in [6.07, 6.45) is 3.04. The summed E-state index contributed by atoms with van der Waals surface area (Å²) in [5, 5.41) is 0. The van der Waals surface area contributed by atoms with E-state index in [1.807, 2.05) is 30.0 Å². The van der Waals surface area contributed by atoms with E-state index in [9.17, 15) is 4.79 Å². The molecule has 1 aromatic carbocycles. The van der Waals surface area contributed by atoms with Crippen molar-refractivity contribution in [3.8, 4) is 5.75 Å². The van der Waals surface area contributed by atoms with E-state index >= 15 is 0 Å². The van der Waals surface area contributed by atoms with Gasteiger partial charge in [-0.1, -0.05) is 26.0 Å². The zero-order chi connectivity index (χ0) is 13.8. The predicted molar refractivity (Wildman–Crippen MR) is 76.1 cm³/mol. The average Bonchev–Trinajstić information content (AvgIpc) is 2.95. The fourth-order valence-electron chi connectivity index (χ4n) is 2.68. The minimum absolute atomic E-state index is 0.117. The van der Waals surface area contributed by atoms with Gasteiger partial charge in [-0.15, -0.1) is 0 Å². The highest BCUT2D eigenvalue weighted by molar-refractivity contribution is 5.79. The Morgan fingerprint density at radius 3 is 3.00 bits per heavy atom. The number of hydrogen-bond donors (Lipinski definition) is 0. The highest BCUT2D eigenvalue weighted by atomic mass is 16.5. The van der Waals surface area contributed by atoms with Crippen LogP contribution in [-0.2, 0) is 4.79 Å². The van der Waals surface area contributed by atoms with Crippen molar-refractivity contribution in [2.24, 2.45) is 5.92 Å². The fraction of sp³-hybridized carbons (Fsp3) is 0.562. The van der Waals surface area contributed by atoms with Gasteiger partial charge in [-0.05, 0) is 37.0 Å². The first-order valence-electron chi connectivity index (χ1n) is 7.11. The third-order valence-corrected chi connectivity index (χ3v) is 4.05. The van der Waals surface area contributed by atoms with Crippen LogP contribution in [0, 0.1) is 5.92 Å². The topological polar surface area (TPSA) is 29.5 Å². The first-order valence-corrected chi connectivity index (χ1v) is 7.11. The van der Waals surface area contributed by atoms with E-state index in [0.717, 1.165) is 31.6 Å². The molecular formula is C16H23NO2. The summed E-state index contributed by atoms with van der Waals surface area (Å²) in [5.41, 5.74) is 1.19. The quantitative estimate of drug-likeness (QED) is 0.831. The minimum atomic E-state index is 0.117. The molecule has 1 saturated heterocycles. The Kier molecular flexibility index (Phi) is 4.46. The van der Waals surface area contributed by atoms with Crippen molar-refractivity contribution in [2.45, 2.75) is 39.2 Å². The van der Waals surface area contributed by atoms with E-state index in [0.29, 0.717) is 0 Å². The number of nitrogens with zero attached hydrogens (tertiary/aromatic N) is 1. The lowest BCUT2D eigenvalue weighted by Gasteiger charge is -2.27. The van der Waals surface area contributed by atoms with Gasteiger partial charge in [-0.2, -0.15) is 0 Å². The number of methoxy groups -OCH3 is 1. The Labute approximate surface area is 115 Å². The van der Waals surface area contributed by atoms with E-state index in [1.165, 1.54) is 5.56 Å². The van der Waals surface area contributed by atoms with Crippen LogP contribution in [0.1, 0.15) is 44.7 Å². The Bertz CT molecular complexity index is 444. The molecule has 3 nitrogen and oxygen atoms in total. The summed E-state index contributed by atoms with van der Waals surface area (Å²) in [7, 11) is 1.68. The molecule has 1 aliphatic heterocycles. The number of ether oxygens (including phenoxy) is 1. The van der Waals surface area contributed by atoms with Gasteiger partial charge in [0.15, 0.2) is 0 Å². The Morgan fingerprint density at radius 2 is 2.32 bits per heavy atom. The zero-order valence-corrected chi connectivity index (χ0v) is 12.1. The molecule has 0 N–H and O–H groups in total. The monoisotopic (exact) mass is 261 g/mol. The Hall–Kier alpha value is -1.51. The number of benzene rings is 1. The van der Waals surface area contributed by atoms with E-state index in [-0.39, 0.29) is 17.9 Å². The van der Waals surface area contributed by atoms with Crippen molar-refractivity contribution in [3.05, 3.63) is 29.8 Å². The first kappa shape index (κ1) is 13.9. The lowest BCUT2D eigenvalue weighted by molar-refractivity contribution is -0.136. The van der Waals surface area contributed by atoms with Crippen LogP contribution in [-0.4, -0.2) is 24.5 Å². The van der Waals surface area contributed by atoms with E-state index in [2.05, 4.69) is 13.0 Å². The van der Waals surface area contributed by atoms with Crippen LogP contribution in [0.2, 0.25) is 0 Å². The fourth-order valence-corrected chi connectivity index (χ4v) is 2.68. The average molecular weight is 261 g/mol. The third kappa shape index (κ3) is 2.91. The van der Waals surface area contributed by atoms with Crippen LogP contribution in [0.3, 0.4) is 0 Å². The van der Waals surface area contributed by atoms with Gasteiger partial charge in [0, 0.05) is 12.5 Å². The number of rotatable bonds is 4. The van der Waals surface area contributed by atoms with Crippen LogP contribution in [0.5, 0.6) is 5.75 Å². The number of carbonyl (C=O) groups excluding carboxylic acids is 1. The molecule has 0 saturated carbocycles. The van der Waals surface area contributed by atoms with Crippen LogP contribution >= 0.6 is 0 Å². The van der Waals surface area contributed by atoms with Crippen LogP contribution in [0.15, 0.2) is 24.3 Å². The number of amides is 1. The maximum absolute atomic E-state index is 12.4. The van der Waals surface area contributed by atoms with Crippen molar-refractivity contribution in [1.82, 2.24) is 4.90 Å². The smallest absolute Gasteiger partial charge is 0.225 e. The summed E-state index contributed by atoms with van der Waals surface area (Å²) >= 11 is 0. The van der Waals surface area contributed by atoms with Crippen molar-refractivity contribution >= 4 is 5.91 Å². The van der Waals surface area contributed by atoms with Crippen LogP contribution < -0.4 is 4.74 Å². The molecule has 104 valence electrons. The highest BCUT2D eigenvalue weighted by Crippen LogP contribution is 2.34. The number of hydrogen-bond acceptors (Lipinski definition) is 2. The molecule has 0 bridgehead atoms. The van der Waals surface area contributed by atoms with Gasteiger partial charge in [0.25, 0.3) is 0 Å². The lowest BCUT2D eigenvalue weighted by atomic mass is 10.0. The van der Waals surface area contributed by atoms with Crippen molar-refractivity contribution in [3.63, 3.8) is 0 Å². The normalized spacial score (nSPS) is 20.4. The molecule has 1 amide bonds. The number of likely N-dealkylation sites (tertiary alicyclic amines) is 1. The molecule has 1 aliphatic rings. The Balaban J connectivity index is 2.20. The maximum atomic E-state index is 12.4. The van der Waals surface area contributed by atoms with E-state index in [1.54, 1.807) is 7.11 Å². The molecule has 0 spiro atoms. The third-order valence-electron chi connectivity index (χ3n) is 4.05. The van der Waals surface area contributed by atoms with Crippen molar-refractivity contribution in [1.29, 1.82) is 0 Å². The molecule has 0 aromatic heterocycles. The molecule has 19 heavy (non-hydrogen) atoms. The SMILES string of the molecule is CCC(C)C(=O)N1CCCC1c1cccc(OC)c1. The molecule has 2 atom stereocenters. The van der Waals surface area contributed by atoms with E-state index < -0.39 is 0 Å². The largest absolute Gasteiger partial charge is 0.497 e. The van der Waals surface area contributed by atoms with Crippen LogP contribution in [0.25, 0.3) is 0 Å². The van der Waals surface area contributed by atoms with Gasteiger partial charge in [0.05, 0.1) is 13.2 Å². The van der Waals surface area contributed by atoms with Gasteiger partial charge in [0.2, 0.25) is 5.91 Å². The standard InChI is InChI=1S/C16H23NO2/c1-4-12(2)16(18)17-10-6-9-15(17)13-7-5-8-14(11-13)19-3/h5,7-8,11-12,15H,4,6,9-10H2,1-3H3. The predicted octanol–water partition coefficient (Wildman–Crippen LogP) is 3.40. The van der Waals surface area contributed by atoms with Crippen molar-refractivity contribution < 1.29 is 9.53 Å². The van der Waals surface area contributed by atoms with Crippen molar-refractivity contribution in [2.75, 3.05) is 13.7 Å². The second-order valence-corrected chi connectivity index (χ2v) is 5.28. The lowest BCUT2D eigenvalue weighted by Crippen LogP contribution is -2.34. The molecule has 3 heteroatoms. The molecule has 0 aliphatic carbocycles. The second kappa shape index (κ2) is 6.09. The molecule has 0 radical (unpaired) electrons.